The number of hydrogen-bond acceptors (Lipinski definition) is 4. The molecule has 0 atom stereocenters. The first-order chi connectivity index (χ1) is 7.02. The lowest BCUT2D eigenvalue weighted by molar-refractivity contribution is 0.707. The van der Waals surface area contributed by atoms with Gasteiger partial charge in [-0.2, -0.15) is 0 Å². The molecule has 2 heterocycles. The highest BCUT2D eigenvalue weighted by molar-refractivity contribution is 7.80. The van der Waals surface area contributed by atoms with Crippen LogP contribution in [0, 0.1) is 0 Å². The molecule has 0 aliphatic heterocycles. The molecule has 15 heavy (non-hydrogen) atoms. The minimum absolute atomic E-state index is 0.350. The topological polar surface area (TPSA) is 56.9 Å². The van der Waals surface area contributed by atoms with Gasteiger partial charge in [-0.05, 0) is 6.07 Å². The van der Waals surface area contributed by atoms with Crippen molar-refractivity contribution in [1.82, 2.24) is 14.1 Å². The molecular weight excluding hydrogens is 214 g/mol. The van der Waals surface area contributed by atoms with E-state index < -0.39 is 0 Å². The molecule has 0 radical (unpaired) electrons. The Morgan fingerprint density at radius 1 is 1.27 bits per heavy atom. The number of aromatic nitrogens is 3. The lowest BCUT2D eigenvalue weighted by atomic mass is 10.3. The third-order valence-electron chi connectivity index (χ3n) is 2.28. The molecule has 2 aromatic heterocycles. The summed E-state index contributed by atoms with van der Waals surface area (Å²) >= 11 is 4.10. The van der Waals surface area contributed by atoms with E-state index in [1.54, 1.807) is 13.1 Å². The summed E-state index contributed by atoms with van der Waals surface area (Å²) in [4.78, 5) is 27.9. The van der Waals surface area contributed by atoms with Gasteiger partial charge in [0.25, 0.3) is 5.56 Å². The second-order valence-electron chi connectivity index (χ2n) is 3.27. The summed E-state index contributed by atoms with van der Waals surface area (Å²) in [5.41, 5.74) is -0.357. The molecule has 0 saturated carbocycles. The molecule has 0 aromatic carbocycles. The van der Waals surface area contributed by atoms with E-state index in [0.29, 0.717) is 15.9 Å². The summed E-state index contributed by atoms with van der Waals surface area (Å²) in [7, 11) is 3.02. The van der Waals surface area contributed by atoms with Crippen molar-refractivity contribution in [2.45, 2.75) is 4.90 Å². The summed E-state index contributed by atoms with van der Waals surface area (Å²) in [6, 6.07) is 1.60. The Kier molecular flexibility index (Phi) is 2.15. The van der Waals surface area contributed by atoms with Crippen molar-refractivity contribution in [2.24, 2.45) is 14.1 Å². The van der Waals surface area contributed by atoms with Gasteiger partial charge in [-0.25, -0.2) is 9.78 Å². The van der Waals surface area contributed by atoms with Crippen LogP contribution in [0.15, 0.2) is 26.7 Å². The van der Waals surface area contributed by atoms with Gasteiger partial charge in [0.05, 0.1) is 5.39 Å². The normalized spacial score (nSPS) is 10.9. The van der Waals surface area contributed by atoms with Crippen molar-refractivity contribution < 1.29 is 0 Å². The molecule has 0 bridgehead atoms. The molecule has 0 aliphatic carbocycles. The van der Waals surface area contributed by atoms with E-state index in [9.17, 15) is 9.59 Å². The van der Waals surface area contributed by atoms with Gasteiger partial charge in [0.15, 0.2) is 0 Å². The molecule has 5 nitrogen and oxygen atoms in total. The van der Waals surface area contributed by atoms with Crippen LogP contribution in [0.25, 0.3) is 11.0 Å². The van der Waals surface area contributed by atoms with Crippen LogP contribution in [0.1, 0.15) is 0 Å². The summed E-state index contributed by atoms with van der Waals surface area (Å²) in [5, 5.41) is 0.395. The van der Waals surface area contributed by atoms with Crippen LogP contribution in [-0.4, -0.2) is 14.1 Å². The van der Waals surface area contributed by atoms with Crippen LogP contribution in [0.4, 0.5) is 0 Å². The zero-order valence-corrected chi connectivity index (χ0v) is 9.15. The Morgan fingerprint density at radius 2 is 1.93 bits per heavy atom. The van der Waals surface area contributed by atoms with E-state index in [2.05, 4.69) is 17.6 Å². The zero-order chi connectivity index (χ0) is 11.2. The maximum absolute atomic E-state index is 11.7. The van der Waals surface area contributed by atoms with Crippen molar-refractivity contribution in [3.8, 4) is 0 Å². The SMILES string of the molecule is Cn1c(=O)c2cc(S)cnc2n(C)c1=O. The maximum Gasteiger partial charge on any atom is 0.332 e. The van der Waals surface area contributed by atoms with Gasteiger partial charge in [-0.3, -0.25) is 13.9 Å². The quantitative estimate of drug-likeness (QED) is 0.636. The molecule has 0 spiro atoms. The first kappa shape index (κ1) is 9.97. The Balaban J connectivity index is 3.15. The molecule has 0 saturated heterocycles. The van der Waals surface area contributed by atoms with E-state index in [0.717, 1.165) is 4.57 Å². The molecule has 0 fully saturated rings. The van der Waals surface area contributed by atoms with Gasteiger partial charge < -0.3 is 0 Å². The predicted molar refractivity (Wildman–Crippen MR) is 59.5 cm³/mol. The highest BCUT2D eigenvalue weighted by Crippen LogP contribution is 2.09. The van der Waals surface area contributed by atoms with Crippen molar-refractivity contribution >= 4 is 23.7 Å². The Bertz CT molecular complexity index is 657. The van der Waals surface area contributed by atoms with Crippen LogP contribution in [0.3, 0.4) is 0 Å². The van der Waals surface area contributed by atoms with E-state index in [1.165, 1.54) is 17.8 Å². The molecule has 6 heteroatoms. The minimum atomic E-state index is -0.382. The molecule has 0 unspecified atom stereocenters. The lowest BCUT2D eigenvalue weighted by Gasteiger charge is -2.05. The summed E-state index contributed by atoms with van der Waals surface area (Å²) in [6.07, 6.45) is 1.50. The van der Waals surface area contributed by atoms with Crippen LogP contribution in [0.2, 0.25) is 0 Å². The molecule has 0 N–H and O–H groups in total. The van der Waals surface area contributed by atoms with Gasteiger partial charge in [-0.15, -0.1) is 12.6 Å². The third kappa shape index (κ3) is 1.37. The molecule has 0 amide bonds. The Labute approximate surface area is 90.4 Å². The van der Waals surface area contributed by atoms with Gasteiger partial charge in [0.2, 0.25) is 0 Å². The fraction of sp³-hybridized carbons (Fsp3) is 0.222. The lowest BCUT2D eigenvalue weighted by Crippen LogP contribution is -2.37. The van der Waals surface area contributed by atoms with Crippen molar-refractivity contribution in [1.29, 1.82) is 0 Å². The average molecular weight is 223 g/mol. The number of aryl methyl sites for hydroxylation is 1. The third-order valence-corrected chi connectivity index (χ3v) is 2.52. The zero-order valence-electron chi connectivity index (χ0n) is 8.26. The maximum atomic E-state index is 11.7. The summed E-state index contributed by atoms with van der Waals surface area (Å²) < 4.78 is 2.39. The second-order valence-corrected chi connectivity index (χ2v) is 3.79. The van der Waals surface area contributed by atoms with E-state index in [4.69, 9.17) is 0 Å². The van der Waals surface area contributed by atoms with Crippen LogP contribution in [0.5, 0.6) is 0 Å². The monoisotopic (exact) mass is 223 g/mol. The number of hydrogen-bond donors (Lipinski definition) is 1. The van der Waals surface area contributed by atoms with Crippen molar-refractivity contribution in [3.05, 3.63) is 33.1 Å². The van der Waals surface area contributed by atoms with E-state index in [1.807, 2.05) is 0 Å². The molecule has 0 aliphatic rings. The highest BCUT2D eigenvalue weighted by Gasteiger charge is 2.08. The standard InChI is InChI=1S/C9H9N3O2S/c1-11-7-6(3-5(15)4-10-7)8(13)12(2)9(11)14/h3-4,15H,1-2H3. The van der Waals surface area contributed by atoms with Crippen LogP contribution in [-0.2, 0) is 14.1 Å². The minimum Gasteiger partial charge on any atom is -0.280 e. The number of rotatable bonds is 0. The molecule has 2 rings (SSSR count). The molecule has 78 valence electrons. The Morgan fingerprint density at radius 3 is 2.60 bits per heavy atom. The number of pyridine rings is 1. The smallest absolute Gasteiger partial charge is 0.280 e. The van der Waals surface area contributed by atoms with Crippen molar-refractivity contribution in [2.75, 3.05) is 0 Å². The first-order valence-electron chi connectivity index (χ1n) is 4.27. The first-order valence-corrected chi connectivity index (χ1v) is 4.72. The Hall–Kier alpha value is -1.56. The molecular formula is C9H9N3O2S. The highest BCUT2D eigenvalue weighted by atomic mass is 32.1. The fourth-order valence-electron chi connectivity index (χ4n) is 1.45. The van der Waals surface area contributed by atoms with E-state index in [-0.39, 0.29) is 11.2 Å². The number of nitrogens with zero attached hydrogens (tertiary/aromatic N) is 3. The predicted octanol–water partition coefficient (Wildman–Crippen LogP) is -0.0791. The average Bonchev–Trinajstić information content (AvgIpc) is 2.23. The number of fused-ring (bicyclic) bond motifs is 1. The fourth-order valence-corrected chi connectivity index (χ4v) is 1.64. The van der Waals surface area contributed by atoms with Gasteiger partial charge >= 0.3 is 5.69 Å². The van der Waals surface area contributed by atoms with Gasteiger partial charge in [-0.1, -0.05) is 0 Å². The summed E-state index contributed by atoms with van der Waals surface area (Å²) in [6.45, 7) is 0. The van der Waals surface area contributed by atoms with Crippen molar-refractivity contribution in [3.63, 3.8) is 0 Å². The van der Waals surface area contributed by atoms with Gasteiger partial charge in [0, 0.05) is 25.2 Å². The van der Waals surface area contributed by atoms with Crippen LogP contribution >= 0.6 is 12.6 Å². The second kappa shape index (κ2) is 3.23. The van der Waals surface area contributed by atoms with Gasteiger partial charge in [0.1, 0.15) is 5.65 Å². The van der Waals surface area contributed by atoms with Crippen LogP contribution < -0.4 is 11.2 Å². The summed E-state index contributed by atoms with van der Waals surface area (Å²) in [5.74, 6) is 0. The number of thiol groups is 1. The molecule has 2 aromatic rings. The largest absolute Gasteiger partial charge is 0.332 e. The van der Waals surface area contributed by atoms with E-state index >= 15 is 0 Å².